The maximum atomic E-state index is 12.7. The zero-order valence-electron chi connectivity index (χ0n) is 24.1. The number of hydrogen-bond donors (Lipinski definition) is 5. The van der Waals surface area contributed by atoms with Crippen molar-refractivity contribution in [3.05, 3.63) is 95.7 Å². The van der Waals surface area contributed by atoms with Crippen LogP contribution in [-0.2, 0) is 26.8 Å². The van der Waals surface area contributed by atoms with Gasteiger partial charge in [0.15, 0.2) is 0 Å². The Morgan fingerprint density at radius 1 is 1.05 bits per heavy atom. The molecule has 1 aliphatic rings. The van der Waals surface area contributed by atoms with E-state index in [-0.39, 0.29) is 17.0 Å². The fourth-order valence-electron chi connectivity index (χ4n) is 5.37. The zero-order chi connectivity index (χ0) is 31.0. The number of carbonyl (C=O) groups excluding carboxylic acids is 1. The van der Waals surface area contributed by atoms with Crippen molar-refractivity contribution in [2.75, 3.05) is 11.3 Å². The molecule has 1 heterocycles. The third-order valence-corrected chi connectivity index (χ3v) is 9.59. The average molecular weight is 605 g/mol. The summed E-state index contributed by atoms with van der Waals surface area (Å²) < 4.78 is 30.0. The number of sulfonamides is 1. The van der Waals surface area contributed by atoms with Gasteiger partial charge in [-0.25, -0.2) is 13.2 Å². The third kappa shape index (κ3) is 6.43. The van der Waals surface area contributed by atoms with Gasteiger partial charge in [0.05, 0.1) is 22.0 Å². The number of primary amides is 1. The van der Waals surface area contributed by atoms with E-state index < -0.39 is 39.0 Å². The number of aryl methyl sites for hydroxylation is 1. The highest BCUT2D eigenvalue weighted by Crippen LogP contribution is 2.50. The van der Waals surface area contributed by atoms with Gasteiger partial charge in [-0.1, -0.05) is 30.3 Å². The van der Waals surface area contributed by atoms with Crippen LogP contribution in [0.1, 0.15) is 60.7 Å². The molecule has 1 aromatic heterocycles. The van der Waals surface area contributed by atoms with Crippen LogP contribution < -0.4 is 15.8 Å². The number of fused-ring (bicyclic) bond motifs is 1. The lowest BCUT2D eigenvalue weighted by Crippen LogP contribution is -2.42. The van der Waals surface area contributed by atoms with Gasteiger partial charge in [-0.3, -0.25) is 9.52 Å². The molecule has 0 bridgehead atoms. The topological polar surface area (TPSA) is 164 Å². The van der Waals surface area contributed by atoms with E-state index in [0.29, 0.717) is 37.1 Å². The van der Waals surface area contributed by atoms with Gasteiger partial charge < -0.3 is 25.8 Å². The highest BCUT2D eigenvalue weighted by molar-refractivity contribution is 7.92. The molecule has 3 aromatic carbocycles. The number of amides is 1. The molecule has 1 saturated carbocycles. The van der Waals surface area contributed by atoms with E-state index in [2.05, 4.69) is 10.0 Å². The quantitative estimate of drug-likeness (QED) is 0.153. The van der Waals surface area contributed by atoms with E-state index in [9.17, 15) is 28.2 Å². The first-order chi connectivity index (χ1) is 20.3. The molecule has 10 nitrogen and oxygen atoms in total. The molecular weight excluding hydrogens is 568 g/mol. The Kier molecular flexibility index (Phi) is 8.08. The molecule has 0 saturated heterocycles. The van der Waals surface area contributed by atoms with Crippen LogP contribution in [0.3, 0.4) is 0 Å². The Balaban J connectivity index is 1.26. The lowest BCUT2D eigenvalue weighted by molar-refractivity contribution is -0.120. The maximum Gasteiger partial charge on any atom is 0.335 e. The van der Waals surface area contributed by atoms with Crippen molar-refractivity contribution in [3.63, 3.8) is 0 Å². The zero-order valence-corrected chi connectivity index (χ0v) is 24.9. The predicted octanol–water partition coefficient (Wildman–Crippen LogP) is 4.15. The normalized spacial score (nSPS) is 15.2. The first-order valence-electron chi connectivity index (χ1n) is 14.1. The van der Waals surface area contributed by atoms with Crippen LogP contribution in [-0.4, -0.2) is 47.2 Å². The number of hydrogen-bond acceptors (Lipinski definition) is 6. The number of aliphatic hydroxyl groups is 1. The summed E-state index contributed by atoms with van der Waals surface area (Å²) in [6.45, 7) is 4.84. The molecule has 0 radical (unpaired) electrons. The molecule has 226 valence electrons. The molecule has 0 aliphatic heterocycles. The lowest BCUT2D eigenvalue weighted by Gasteiger charge is -2.28. The summed E-state index contributed by atoms with van der Waals surface area (Å²) in [4.78, 5) is 24.1. The largest absolute Gasteiger partial charge is 0.478 e. The van der Waals surface area contributed by atoms with Crippen LogP contribution in [0.5, 0.6) is 0 Å². The minimum absolute atomic E-state index is 0.149. The number of nitrogens with zero attached hydrogens (tertiary/aromatic N) is 1. The molecule has 5 rings (SSSR count). The molecule has 1 atom stereocenters. The van der Waals surface area contributed by atoms with Gasteiger partial charge in [0.25, 0.3) is 10.0 Å². The second-order valence-electron chi connectivity index (χ2n) is 11.8. The van der Waals surface area contributed by atoms with Crippen molar-refractivity contribution in [1.82, 2.24) is 9.88 Å². The van der Waals surface area contributed by atoms with Crippen molar-refractivity contribution in [1.29, 1.82) is 0 Å². The summed E-state index contributed by atoms with van der Waals surface area (Å²) in [6, 6.07) is 19.7. The van der Waals surface area contributed by atoms with Crippen LogP contribution >= 0.6 is 0 Å². The Labute approximate surface area is 250 Å². The van der Waals surface area contributed by atoms with E-state index >= 15 is 0 Å². The second-order valence-corrected chi connectivity index (χ2v) is 13.5. The number of aromatic nitrogens is 1. The third-order valence-electron chi connectivity index (χ3n) is 8.19. The lowest BCUT2D eigenvalue weighted by atomic mass is 9.94. The molecule has 0 unspecified atom stereocenters. The van der Waals surface area contributed by atoms with Crippen LogP contribution in [0.25, 0.3) is 10.9 Å². The molecule has 0 spiro atoms. The Hall–Kier alpha value is -4.19. The average Bonchev–Trinajstić information content (AvgIpc) is 3.71. The van der Waals surface area contributed by atoms with Crippen molar-refractivity contribution in [3.8, 4) is 0 Å². The highest BCUT2D eigenvalue weighted by Gasteiger charge is 2.51. The molecule has 1 aliphatic carbocycles. The number of aliphatic hydroxyl groups excluding tert-OH is 1. The van der Waals surface area contributed by atoms with E-state index in [4.69, 9.17) is 5.73 Å². The molecule has 6 N–H and O–H groups in total. The van der Waals surface area contributed by atoms with E-state index in [1.807, 2.05) is 24.6 Å². The van der Waals surface area contributed by atoms with Crippen LogP contribution in [0, 0.1) is 0 Å². The minimum Gasteiger partial charge on any atom is -0.478 e. The maximum absolute atomic E-state index is 12.7. The molecular formula is C32H36N4O6S. The van der Waals surface area contributed by atoms with Gasteiger partial charge >= 0.3 is 5.97 Å². The van der Waals surface area contributed by atoms with Crippen LogP contribution in [0.15, 0.2) is 83.9 Å². The number of carbonyl (C=O) groups is 2. The minimum atomic E-state index is -3.76. The first-order valence-corrected chi connectivity index (χ1v) is 15.6. The molecule has 1 fully saturated rings. The van der Waals surface area contributed by atoms with Gasteiger partial charge in [0.2, 0.25) is 5.91 Å². The smallest absolute Gasteiger partial charge is 0.335 e. The van der Waals surface area contributed by atoms with E-state index in [1.54, 1.807) is 60.7 Å². The number of rotatable bonds is 13. The summed E-state index contributed by atoms with van der Waals surface area (Å²) in [5, 5.41) is 24.6. The monoisotopic (exact) mass is 604 g/mol. The highest BCUT2D eigenvalue weighted by atomic mass is 32.2. The van der Waals surface area contributed by atoms with Gasteiger partial charge in [0.1, 0.15) is 0 Å². The van der Waals surface area contributed by atoms with Crippen LogP contribution in [0.4, 0.5) is 5.69 Å². The molecule has 11 heteroatoms. The predicted molar refractivity (Wildman–Crippen MR) is 164 cm³/mol. The van der Waals surface area contributed by atoms with E-state index in [1.165, 1.54) is 12.1 Å². The fraction of sp³-hybridized carbons (Fsp3) is 0.312. The summed E-state index contributed by atoms with van der Waals surface area (Å²) in [6.07, 6.45) is 2.96. The Morgan fingerprint density at radius 3 is 2.42 bits per heavy atom. The SMILES string of the molecule is CC(C)(CCn1cc(C2(C(N)=O)CC2)c2cc(C(=O)O)ccc21)NC[C@@H](O)c1cccc(NS(=O)(=O)c2ccccc2)c1. The Bertz CT molecular complexity index is 1780. The summed E-state index contributed by atoms with van der Waals surface area (Å²) >= 11 is 0. The summed E-state index contributed by atoms with van der Waals surface area (Å²) in [7, 11) is -3.76. The fourth-order valence-corrected chi connectivity index (χ4v) is 6.44. The number of β-amino-alcohol motifs (C(OH)–C–C–N with tert-alkyl or cyclic N) is 1. The van der Waals surface area contributed by atoms with Gasteiger partial charge in [0, 0.05) is 41.4 Å². The number of nitrogens with two attached hydrogens (primary N) is 1. The number of carboxylic acids is 1. The van der Waals surface area contributed by atoms with Gasteiger partial charge in [-0.2, -0.15) is 0 Å². The Morgan fingerprint density at radius 2 is 1.77 bits per heavy atom. The number of carboxylic acid groups (broad SMARTS) is 1. The van der Waals surface area contributed by atoms with Crippen molar-refractivity contribution in [2.24, 2.45) is 5.73 Å². The van der Waals surface area contributed by atoms with Crippen molar-refractivity contribution < 1.29 is 28.2 Å². The summed E-state index contributed by atoms with van der Waals surface area (Å²) in [5.74, 6) is -1.44. The van der Waals surface area contributed by atoms with E-state index in [0.717, 1.165) is 16.5 Å². The number of anilines is 1. The number of benzene rings is 3. The second kappa shape index (κ2) is 11.5. The van der Waals surface area contributed by atoms with Gasteiger partial charge in [-0.15, -0.1) is 0 Å². The molecule has 43 heavy (non-hydrogen) atoms. The van der Waals surface area contributed by atoms with Crippen LogP contribution in [0.2, 0.25) is 0 Å². The standard InChI is InChI=1S/C32H36N4O6S/c1-31(2,34-19-28(37)21-7-6-8-23(17-21)35-43(41,42)24-9-4-3-5-10-24)15-16-36-20-26(32(13-14-32)30(33)40)25-18-22(29(38)39)11-12-27(25)36/h3-12,17-18,20,28,34-35,37H,13-16,19H2,1-2H3,(H2,33,40)(H,38,39)/t28-/m1/s1. The van der Waals surface area contributed by atoms with Gasteiger partial charge in [-0.05, 0) is 86.7 Å². The number of aromatic carboxylic acids is 1. The number of nitrogens with one attached hydrogen (secondary N) is 2. The van der Waals surface area contributed by atoms with Crippen molar-refractivity contribution in [2.45, 2.75) is 61.6 Å². The first kappa shape index (κ1) is 30.3. The van der Waals surface area contributed by atoms with Crippen molar-refractivity contribution >= 4 is 38.5 Å². The molecule has 1 amide bonds. The summed E-state index contributed by atoms with van der Waals surface area (Å²) in [5.41, 5.74) is 7.25. The molecule has 4 aromatic rings.